The van der Waals surface area contributed by atoms with E-state index >= 15 is 0 Å². The van der Waals surface area contributed by atoms with Crippen LogP contribution >= 0.6 is 0 Å². The molecule has 4 atom stereocenters. The minimum atomic E-state index is -0.997. The van der Waals surface area contributed by atoms with E-state index in [9.17, 15) is 18.8 Å². The second kappa shape index (κ2) is 13.0. The molecule has 0 bridgehead atoms. The third-order valence-corrected chi connectivity index (χ3v) is 8.61. The molecule has 1 aliphatic carbocycles. The predicted molar refractivity (Wildman–Crippen MR) is 154 cm³/mol. The average molecular weight is 582 g/mol. The number of ether oxygens (including phenoxy) is 1. The number of alkyl halides is 1. The van der Waals surface area contributed by atoms with Gasteiger partial charge in [0, 0.05) is 33.1 Å². The third kappa shape index (κ3) is 6.80. The molecule has 0 spiro atoms. The Morgan fingerprint density at radius 3 is 2.69 bits per heavy atom. The van der Waals surface area contributed by atoms with Gasteiger partial charge in [-0.1, -0.05) is 17.3 Å². The fourth-order valence-electron chi connectivity index (χ4n) is 6.17. The number of likely N-dealkylation sites (tertiary alicyclic amines) is 2. The average Bonchev–Trinajstić information content (AvgIpc) is 3.73. The molecule has 4 unspecified atom stereocenters. The predicted octanol–water partition coefficient (Wildman–Crippen LogP) is 1.41. The third-order valence-electron chi connectivity index (χ3n) is 8.61. The van der Waals surface area contributed by atoms with Crippen molar-refractivity contribution in [3.05, 3.63) is 46.8 Å². The Kier molecular flexibility index (Phi) is 9.20. The van der Waals surface area contributed by atoms with Crippen molar-refractivity contribution in [3.8, 4) is 5.75 Å². The van der Waals surface area contributed by atoms with Crippen LogP contribution < -0.4 is 15.8 Å². The number of nitrogens with zero attached hydrogens (tertiary/aromatic N) is 5. The van der Waals surface area contributed by atoms with Gasteiger partial charge < -0.3 is 25.6 Å². The van der Waals surface area contributed by atoms with Crippen LogP contribution in [0.5, 0.6) is 5.75 Å². The van der Waals surface area contributed by atoms with Crippen LogP contribution in [-0.4, -0.2) is 94.1 Å². The van der Waals surface area contributed by atoms with E-state index in [-0.39, 0.29) is 43.0 Å². The Morgan fingerprint density at radius 2 is 1.98 bits per heavy atom. The van der Waals surface area contributed by atoms with Crippen LogP contribution in [0.15, 0.2) is 29.8 Å². The zero-order valence-electron chi connectivity index (χ0n) is 24.3. The van der Waals surface area contributed by atoms with Crippen LogP contribution in [0.3, 0.4) is 0 Å². The van der Waals surface area contributed by atoms with E-state index in [2.05, 4.69) is 15.6 Å². The van der Waals surface area contributed by atoms with Crippen LogP contribution in [0, 0.1) is 5.92 Å². The van der Waals surface area contributed by atoms with Crippen LogP contribution in [0.2, 0.25) is 0 Å². The molecule has 2 saturated heterocycles. The molecule has 0 saturated carbocycles. The van der Waals surface area contributed by atoms with E-state index in [1.807, 2.05) is 37.4 Å². The summed E-state index contributed by atoms with van der Waals surface area (Å²) in [4.78, 5) is 42.7. The second-order valence-electron chi connectivity index (χ2n) is 11.6. The maximum Gasteiger partial charge on any atom is 0.243 e. The highest BCUT2D eigenvalue weighted by Gasteiger charge is 2.41. The quantitative estimate of drug-likeness (QED) is 0.433. The SMILES string of the molecule is COc1ccc(CC2CC(C(=O)NCC3=Cc4nnn(C)c4CC3)N(C(=O)C(N)CCC(=O)N3CCC(F)C3)C2)cc1. The van der Waals surface area contributed by atoms with Gasteiger partial charge in [0.1, 0.15) is 23.7 Å². The lowest BCUT2D eigenvalue weighted by Gasteiger charge is -2.27. The molecule has 5 rings (SSSR count). The van der Waals surface area contributed by atoms with Crippen molar-refractivity contribution >= 4 is 23.8 Å². The molecule has 3 aliphatic rings. The van der Waals surface area contributed by atoms with Crippen LogP contribution in [0.4, 0.5) is 4.39 Å². The topological polar surface area (TPSA) is 136 Å². The molecule has 3 amide bonds. The number of hydrogen-bond acceptors (Lipinski definition) is 7. The number of amides is 3. The second-order valence-corrected chi connectivity index (χ2v) is 11.6. The molecule has 3 heterocycles. The fourth-order valence-corrected chi connectivity index (χ4v) is 6.17. The molecule has 226 valence electrons. The lowest BCUT2D eigenvalue weighted by Crippen LogP contribution is -2.51. The van der Waals surface area contributed by atoms with E-state index in [0.717, 1.165) is 41.1 Å². The first-order chi connectivity index (χ1) is 20.2. The lowest BCUT2D eigenvalue weighted by atomic mass is 9.96. The number of methoxy groups -OCH3 is 1. The van der Waals surface area contributed by atoms with Gasteiger partial charge >= 0.3 is 0 Å². The Bertz CT molecular complexity index is 1330. The van der Waals surface area contributed by atoms with E-state index in [1.165, 1.54) is 4.90 Å². The standard InChI is InChI=1S/C30H40FN7O4/c1-36-26-9-5-20(14-25(26)34-35-36)16-33-29(40)27-15-21(13-19-3-6-23(42-2)7-4-19)17-38(27)30(41)24(32)8-10-28(39)37-12-11-22(31)18-37/h3-4,6-7,14,21-22,24,27H,5,8-13,15-18,32H2,1-2H3,(H,33,40). The highest BCUT2D eigenvalue weighted by molar-refractivity contribution is 5.91. The molecular weight excluding hydrogens is 541 g/mol. The van der Waals surface area contributed by atoms with Gasteiger partial charge in [-0.25, -0.2) is 4.39 Å². The molecule has 1 aromatic carbocycles. The number of hydrogen-bond donors (Lipinski definition) is 2. The van der Waals surface area contributed by atoms with Crippen LogP contribution in [-0.2, 0) is 34.3 Å². The Balaban J connectivity index is 1.23. The highest BCUT2D eigenvalue weighted by Crippen LogP contribution is 2.29. The largest absolute Gasteiger partial charge is 0.497 e. The normalized spacial score (nSPS) is 22.5. The number of rotatable bonds is 10. The van der Waals surface area contributed by atoms with Crippen LogP contribution in [0.25, 0.3) is 6.08 Å². The molecule has 12 heteroatoms. The van der Waals surface area contributed by atoms with E-state index < -0.39 is 18.3 Å². The zero-order chi connectivity index (χ0) is 29.8. The molecule has 42 heavy (non-hydrogen) atoms. The first kappa shape index (κ1) is 29.7. The van der Waals surface area contributed by atoms with E-state index in [1.54, 1.807) is 16.7 Å². The smallest absolute Gasteiger partial charge is 0.243 e. The van der Waals surface area contributed by atoms with Crippen molar-refractivity contribution in [1.82, 2.24) is 30.1 Å². The number of carbonyl (C=O) groups excluding carboxylic acids is 3. The summed E-state index contributed by atoms with van der Waals surface area (Å²) in [5.74, 6) is 0.0701. The number of halogens is 1. The summed E-state index contributed by atoms with van der Waals surface area (Å²) in [5, 5.41) is 11.3. The van der Waals surface area contributed by atoms with Crippen molar-refractivity contribution < 1.29 is 23.5 Å². The molecule has 1 aromatic heterocycles. The summed E-state index contributed by atoms with van der Waals surface area (Å²) < 4.78 is 20.6. The molecular formula is C30H40FN7O4. The van der Waals surface area contributed by atoms with Crippen LogP contribution in [0.1, 0.15) is 49.1 Å². The Morgan fingerprint density at radius 1 is 1.19 bits per heavy atom. The van der Waals surface area contributed by atoms with Gasteiger partial charge in [-0.3, -0.25) is 19.1 Å². The maximum atomic E-state index is 13.6. The van der Waals surface area contributed by atoms with Crippen molar-refractivity contribution in [3.63, 3.8) is 0 Å². The number of nitrogens with one attached hydrogen (secondary N) is 1. The lowest BCUT2D eigenvalue weighted by molar-refractivity contribution is -0.139. The number of carbonyl (C=O) groups is 3. The van der Waals surface area contributed by atoms with Gasteiger partial charge in [-0.2, -0.15) is 0 Å². The Hall–Kier alpha value is -3.80. The maximum absolute atomic E-state index is 13.6. The van der Waals surface area contributed by atoms with Crippen molar-refractivity contribution in [2.75, 3.05) is 33.3 Å². The number of benzene rings is 1. The number of nitrogens with two attached hydrogens (primary N) is 1. The molecule has 3 N–H and O–H groups in total. The first-order valence-electron chi connectivity index (χ1n) is 14.7. The zero-order valence-corrected chi connectivity index (χ0v) is 24.3. The van der Waals surface area contributed by atoms with Crippen molar-refractivity contribution in [2.45, 2.75) is 63.2 Å². The summed E-state index contributed by atoms with van der Waals surface area (Å²) in [6.07, 6.45) is 4.32. The molecule has 0 radical (unpaired) electrons. The van der Waals surface area contributed by atoms with Gasteiger partial charge in [0.2, 0.25) is 17.7 Å². The summed E-state index contributed by atoms with van der Waals surface area (Å²) in [6, 6.07) is 6.19. The number of fused-ring (bicyclic) bond motifs is 1. The van der Waals surface area contributed by atoms with Gasteiger partial charge in [-0.15, -0.1) is 5.10 Å². The highest BCUT2D eigenvalue weighted by atomic mass is 19.1. The summed E-state index contributed by atoms with van der Waals surface area (Å²) in [5.41, 5.74) is 10.3. The van der Waals surface area contributed by atoms with Gasteiger partial charge in [-0.05, 0) is 73.8 Å². The minimum Gasteiger partial charge on any atom is -0.497 e. The number of aryl methyl sites for hydroxylation is 1. The molecule has 2 aromatic rings. The number of aromatic nitrogens is 3. The van der Waals surface area contributed by atoms with Gasteiger partial charge in [0.25, 0.3) is 0 Å². The first-order valence-corrected chi connectivity index (χ1v) is 14.7. The monoisotopic (exact) mass is 581 g/mol. The fraction of sp³-hybridized carbons (Fsp3) is 0.567. The van der Waals surface area contributed by atoms with Gasteiger partial charge in [0.05, 0.1) is 25.4 Å². The van der Waals surface area contributed by atoms with Crippen molar-refractivity contribution in [2.24, 2.45) is 18.7 Å². The molecule has 2 aliphatic heterocycles. The minimum absolute atomic E-state index is 0.0639. The van der Waals surface area contributed by atoms with Gasteiger partial charge in [0.15, 0.2) is 0 Å². The summed E-state index contributed by atoms with van der Waals surface area (Å²) in [6.45, 7) is 1.24. The molecule has 11 nitrogen and oxygen atoms in total. The van der Waals surface area contributed by atoms with E-state index in [4.69, 9.17) is 10.5 Å². The Labute approximate surface area is 245 Å². The summed E-state index contributed by atoms with van der Waals surface area (Å²) in [7, 11) is 3.49. The van der Waals surface area contributed by atoms with Crippen molar-refractivity contribution in [1.29, 1.82) is 0 Å². The molecule has 2 fully saturated rings. The summed E-state index contributed by atoms with van der Waals surface area (Å²) >= 11 is 0. The van der Waals surface area contributed by atoms with E-state index in [0.29, 0.717) is 38.9 Å².